The lowest BCUT2D eigenvalue weighted by Gasteiger charge is -2.08. The maximum Gasteiger partial charge on any atom is 0.133 e. The van der Waals surface area contributed by atoms with E-state index in [9.17, 15) is 0 Å². The Labute approximate surface area is 110 Å². The molecule has 1 N–H and O–H groups in total. The molecule has 0 spiro atoms. The average molecular weight is 289 g/mol. The van der Waals surface area contributed by atoms with Gasteiger partial charge in [-0.05, 0) is 18.6 Å². The van der Waals surface area contributed by atoms with Gasteiger partial charge in [0, 0.05) is 34.4 Å². The summed E-state index contributed by atoms with van der Waals surface area (Å²) in [7, 11) is 0. The van der Waals surface area contributed by atoms with Gasteiger partial charge in [0.25, 0.3) is 0 Å². The topological polar surface area (TPSA) is 24.9 Å². The predicted molar refractivity (Wildman–Crippen MR) is 76.0 cm³/mol. The van der Waals surface area contributed by atoms with Crippen molar-refractivity contribution in [1.82, 2.24) is 4.98 Å². The Morgan fingerprint density at radius 3 is 3.00 bits per heavy atom. The minimum Gasteiger partial charge on any atom is -0.370 e. The van der Waals surface area contributed by atoms with Crippen LogP contribution in [0.4, 0.5) is 5.82 Å². The molecule has 0 atom stereocenters. The maximum absolute atomic E-state index is 5.22. The van der Waals surface area contributed by atoms with E-state index in [0.29, 0.717) is 0 Å². The number of nitrogens with zero attached hydrogens (tertiary/aromatic N) is 1. The van der Waals surface area contributed by atoms with Gasteiger partial charge in [-0.2, -0.15) is 0 Å². The maximum atomic E-state index is 5.22. The van der Waals surface area contributed by atoms with Crippen LogP contribution in [0.1, 0.15) is 12.8 Å². The van der Waals surface area contributed by atoms with E-state index in [1.54, 1.807) is 0 Å². The molecule has 86 valence electrons. The zero-order valence-corrected chi connectivity index (χ0v) is 11.0. The van der Waals surface area contributed by atoms with Crippen LogP contribution in [0.2, 0.25) is 0 Å². The number of rotatable bonds is 4. The standard InChI is InChI=1S/C14H13BrN2/c1-2-3-4-9-16-14-12-6-5-7-13(15)11(12)8-10-17-14/h1,5-8,10H,3-4,9H2,(H,16,17). The van der Waals surface area contributed by atoms with E-state index in [1.807, 2.05) is 24.4 Å². The molecule has 0 aliphatic carbocycles. The third kappa shape index (κ3) is 2.78. The van der Waals surface area contributed by atoms with Crippen LogP contribution in [0.5, 0.6) is 0 Å². The van der Waals surface area contributed by atoms with Crippen molar-refractivity contribution in [3.63, 3.8) is 0 Å². The minimum absolute atomic E-state index is 0.793. The number of pyridine rings is 1. The second kappa shape index (κ2) is 5.70. The Balaban J connectivity index is 2.23. The first-order valence-electron chi connectivity index (χ1n) is 5.53. The van der Waals surface area contributed by atoms with Crippen molar-refractivity contribution < 1.29 is 0 Å². The number of hydrogen-bond donors (Lipinski definition) is 1. The van der Waals surface area contributed by atoms with Gasteiger partial charge in [0.05, 0.1) is 0 Å². The van der Waals surface area contributed by atoms with Crippen molar-refractivity contribution in [1.29, 1.82) is 0 Å². The monoisotopic (exact) mass is 288 g/mol. The predicted octanol–water partition coefficient (Wildman–Crippen LogP) is 3.82. The van der Waals surface area contributed by atoms with Gasteiger partial charge in [-0.25, -0.2) is 4.98 Å². The Morgan fingerprint density at radius 1 is 1.29 bits per heavy atom. The van der Waals surface area contributed by atoms with E-state index in [-0.39, 0.29) is 0 Å². The molecule has 2 aromatic rings. The molecule has 0 amide bonds. The van der Waals surface area contributed by atoms with Crippen LogP contribution in [-0.2, 0) is 0 Å². The van der Waals surface area contributed by atoms with E-state index < -0.39 is 0 Å². The quantitative estimate of drug-likeness (QED) is 0.683. The van der Waals surface area contributed by atoms with Gasteiger partial charge in [0.1, 0.15) is 5.82 Å². The molecule has 0 fully saturated rings. The Hall–Kier alpha value is -1.53. The number of terminal acetylenes is 1. The summed E-state index contributed by atoms with van der Waals surface area (Å²) in [4.78, 5) is 4.36. The van der Waals surface area contributed by atoms with Crippen LogP contribution in [0.15, 0.2) is 34.9 Å². The Morgan fingerprint density at radius 2 is 2.18 bits per heavy atom. The highest BCUT2D eigenvalue weighted by Crippen LogP contribution is 2.27. The minimum atomic E-state index is 0.793. The molecule has 0 saturated heterocycles. The van der Waals surface area contributed by atoms with Crippen molar-refractivity contribution in [2.75, 3.05) is 11.9 Å². The zero-order valence-electron chi connectivity index (χ0n) is 9.41. The number of benzene rings is 1. The molecule has 0 aliphatic rings. The highest BCUT2D eigenvalue weighted by atomic mass is 79.9. The number of unbranched alkanes of at least 4 members (excludes halogenated alkanes) is 1. The van der Waals surface area contributed by atoms with Crippen molar-refractivity contribution >= 4 is 32.5 Å². The number of hydrogen-bond acceptors (Lipinski definition) is 2. The van der Waals surface area contributed by atoms with Crippen molar-refractivity contribution in [3.05, 3.63) is 34.9 Å². The summed E-state index contributed by atoms with van der Waals surface area (Å²) in [5.74, 6) is 3.55. The second-order valence-electron chi connectivity index (χ2n) is 3.73. The summed E-state index contributed by atoms with van der Waals surface area (Å²) in [6, 6.07) is 8.12. The average Bonchev–Trinajstić information content (AvgIpc) is 2.36. The Kier molecular flexibility index (Phi) is 4.00. The van der Waals surface area contributed by atoms with Gasteiger partial charge in [0.2, 0.25) is 0 Å². The molecule has 2 nitrogen and oxygen atoms in total. The first-order valence-corrected chi connectivity index (χ1v) is 6.33. The fourth-order valence-electron chi connectivity index (χ4n) is 1.71. The van der Waals surface area contributed by atoms with Crippen LogP contribution >= 0.6 is 15.9 Å². The highest BCUT2D eigenvalue weighted by Gasteiger charge is 2.03. The van der Waals surface area contributed by atoms with E-state index in [2.05, 4.69) is 38.2 Å². The Bertz CT molecular complexity index is 558. The lowest BCUT2D eigenvalue weighted by molar-refractivity contribution is 0.903. The molecule has 1 heterocycles. The molecule has 3 heteroatoms. The first-order chi connectivity index (χ1) is 8.33. The van der Waals surface area contributed by atoms with Crippen LogP contribution in [0.25, 0.3) is 10.8 Å². The molecule has 0 saturated carbocycles. The van der Waals surface area contributed by atoms with Gasteiger partial charge in [-0.1, -0.05) is 28.1 Å². The lowest BCUT2D eigenvalue weighted by atomic mass is 10.1. The molecular weight excluding hydrogens is 276 g/mol. The van der Waals surface area contributed by atoms with Crippen LogP contribution in [-0.4, -0.2) is 11.5 Å². The van der Waals surface area contributed by atoms with Crippen LogP contribution in [0, 0.1) is 12.3 Å². The molecule has 0 aliphatic heterocycles. The van der Waals surface area contributed by atoms with Crippen LogP contribution in [0.3, 0.4) is 0 Å². The number of nitrogens with one attached hydrogen (secondary N) is 1. The van der Waals surface area contributed by atoms with Crippen molar-refractivity contribution in [2.45, 2.75) is 12.8 Å². The lowest BCUT2D eigenvalue weighted by Crippen LogP contribution is -2.03. The normalized spacial score (nSPS) is 10.1. The van der Waals surface area contributed by atoms with E-state index in [1.165, 1.54) is 5.39 Å². The fourth-order valence-corrected chi connectivity index (χ4v) is 2.21. The van der Waals surface area contributed by atoms with E-state index in [4.69, 9.17) is 6.42 Å². The number of fused-ring (bicyclic) bond motifs is 1. The molecule has 0 radical (unpaired) electrons. The molecule has 1 aromatic carbocycles. The smallest absolute Gasteiger partial charge is 0.133 e. The third-order valence-electron chi connectivity index (χ3n) is 2.54. The number of aromatic nitrogens is 1. The van der Waals surface area contributed by atoms with E-state index >= 15 is 0 Å². The molecule has 1 aromatic heterocycles. The van der Waals surface area contributed by atoms with Gasteiger partial charge in [0.15, 0.2) is 0 Å². The fraction of sp³-hybridized carbons (Fsp3) is 0.214. The molecule has 0 unspecified atom stereocenters. The molecule has 17 heavy (non-hydrogen) atoms. The summed E-state index contributed by atoms with van der Waals surface area (Å²) in [5, 5.41) is 5.62. The summed E-state index contributed by atoms with van der Waals surface area (Å²) >= 11 is 3.54. The largest absolute Gasteiger partial charge is 0.370 e. The van der Waals surface area contributed by atoms with Gasteiger partial charge < -0.3 is 5.32 Å². The summed E-state index contributed by atoms with van der Waals surface area (Å²) in [5.41, 5.74) is 0. The zero-order chi connectivity index (χ0) is 12.1. The number of halogens is 1. The van der Waals surface area contributed by atoms with Crippen molar-refractivity contribution in [2.24, 2.45) is 0 Å². The SMILES string of the molecule is C#CCCCNc1nccc2c(Br)cccc12. The van der Waals surface area contributed by atoms with Crippen LogP contribution < -0.4 is 5.32 Å². The summed E-state index contributed by atoms with van der Waals surface area (Å²) in [6.07, 6.45) is 8.79. The first kappa shape index (κ1) is 11.9. The summed E-state index contributed by atoms with van der Waals surface area (Å²) in [6.45, 7) is 0.850. The van der Waals surface area contributed by atoms with Gasteiger partial charge in [-0.15, -0.1) is 12.3 Å². The van der Waals surface area contributed by atoms with Gasteiger partial charge in [-0.3, -0.25) is 0 Å². The van der Waals surface area contributed by atoms with E-state index in [0.717, 1.165) is 35.1 Å². The third-order valence-corrected chi connectivity index (χ3v) is 3.23. The van der Waals surface area contributed by atoms with Crippen molar-refractivity contribution in [3.8, 4) is 12.3 Å². The second-order valence-corrected chi connectivity index (χ2v) is 4.58. The van der Waals surface area contributed by atoms with Gasteiger partial charge >= 0.3 is 0 Å². The molecule has 2 rings (SSSR count). The number of anilines is 1. The highest BCUT2D eigenvalue weighted by molar-refractivity contribution is 9.10. The molecule has 0 bridgehead atoms. The summed E-state index contributed by atoms with van der Waals surface area (Å²) < 4.78 is 1.09. The molecular formula is C14H13BrN2.